The summed E-state index contributed by atoms with van der Waals surface area (Å²) in [4.78, 5) is 31.2. The number of aromatic nitrogens is 1. The fourth-order valence-electron chi connectivity index (χ4n) is 1.92. The molecule has 0 aliphatic rings. The van der Waals surface area contributed by atoms with Crippen molar-refractivity contribution in [2.75, 3.05) is 11.9 Å². The van der Waals surface area contributed by atoms with Crippen molar-refractivity contribution in [2.24, 2.45) is 0 Å². The normalized spacial score (nSPS) is 12.0. The van der Waals surface area contributed by atoms with Gasteiger partial charge in [-0.25, -0.2) is 4.98 Å². The highest BCUT2D eigenvalue weighted by atomic mass is 32.1. The highest BCUT2D eigenvalue weighted by Gasteiger charge is 2.25. The van der Waals surface area contributed by atoms with Crippen LogP contribution in [0, 0.1) is 6.92 Å². The second-order valence-electron chi connectivity index (χ2n) is 4.99. The van der Waals surface area contributed by atoms with Gasteiger partial charge in [0.2, 0.25) is 5.91 Å². The molecule has 2 heterocycles. The van der Waals surface area contributed by atoms with Crippen LogP contribution < -0.4 is 5.32 Å². The second-order valence-corrected chi connectivity index (χ2v) is 6.23. The van der Waals surface area contributed by atoms with Gasteiger partial charge >= 0.3 is 0 Å². The number of carbonyl (C=O) groups excluding carboxylic acids is 2. The highest BCUT2D eigenvalue weighted by Crippen LogP contribution is 2.17. The summed E-state index contributed by atoms with van der Waals surface area (Å²) in [5.74, 6) is -0.322. The van der Waals surface area contributed by atoms with Gasteiger partial charge in [0.1, 0.15) is 6.54 Å². The maximum Gasteiger partial charge on any atom is 0.290 e. The van der Waals surface area contributed by atoms with E-state index >= 15 is 0 Å². The fraction of sp³-hybridized carbons (Fsp3) is 0.400. The van der Waals surface area contributed by atoms with E-state index in [0.717, 1.165) is 11.3 Å². The molecule has 2 amide bonds. The maximum atomic E-state index is 12.4. The number of hydrogen-bond donors (Lipinski definition) is 1. The van der Waals surface area contributed by atoms with Crippen LogP contribution in [0.1, 0.15) is 35.7 Å². The highest BCUT2D eigenvalue weighted by molar-refractivity contribution is 7.15. The molecular weight excluding hydrogens is 302 g/mol. The van der Waals surface area contributed by atoms with E-state index in [1.165, 1.54) is 22.5 Å². The van der Waals surface area contributed by atoms with Gasteiger partial charge in [0.05, 0.1) is 6.26 Å². The van der Waals surface area contributed by atoms with Gasteiger partial charge in [-0.3, -0.25) is 9.59 Å². The van der Waals surface area contributed by atoms with Crippen molar-refractivity contribution < 1.29 is 14.0 Å². The molecule has 22 heavy (non-hydrogen) atoms. The Balaban J connectivity index is 2.06. The van der Waals surface area contributed by atoms with Crippen molar-refractivity contribution in [1.29, 1.82) is 0 Å². The van der Waals surface area contributed by atoms with Gasteiger partial charge in [-0.2, -0.15) is 0 Å². The lowest BCUT2D eigenvalue weighted by atomic mass is 10.2. The number of anilines is 1. The number of thiazole rings is 1. The molecule has 2 aromatic rings. The summed E-state index contributed by atoms with van der Waals surface area (Å²) in [6, 6.07) is 3.18. The summed E-state index contributed by atoms with van der Waals surface area (Å²) < 4.78 is 5.14. The van der Waals surface area contributed by atoms with E-state index in [1.54, 1.807) is 18.3 Å². The number of aryl methyl sites for hydroxylation is 1. The summed E-state index contributed by atoms with van der Waals surface area (Å²) in [5.41, 5.74) is 0. The maximum absolute atomic E-state index is 12.4. The van der Waals surface area contributed by atoms with Crippen molar-refractivity contribution in [3.8, 4) is 0 Å². The first kappa shape index (κ1) is 16.2. The van der Waals surface area contributed by atoms with Crippen LogP contribution in [0.4, 0.5) is 5.13 Å². The lowest BCUT2D eigenvalue weighted by Gasteiger charge is -2.26. The summed E-state index contributed by atoms with van der Waals surface area (Å²) in [6.45, 7) is 5.75. The molecule has 0 saturated heterocycles. The van der Waals surface area contributed by atoms with E-state index in [2.05, 4.69) is 10.3 Å². The van der Waals surface area contributed by atoms with Gasteiger partial charge in [-0.1, -0.05) is 6.92 Å². The molecule has 6 nitrogen and oxygen atoms in total. The predicted octanol–water partition coefficient (Wildman–Crippen LogP) is 2.92. The molecule has 0 aliphatic carbocycles. The number of nitrogens with zero attached hydrogens (tertiary/aromatic N) is 2. The molecule has 2 aromatic heterocycles. The van der Waals surface area contributed by atoms with Crippen LogP contribution in [0.5, 0.6) is 0 Å². The molecule has 1 unspecified atom stereocenters. The van der Waals surface area contributed by atoms with Crippen molar-refractivity contribution in [3.63, 3.8) is 0 Å². The van der Waals surface area contributed by atoms with Crippen LogP contribution in [0.3, 0.4) is 0 Å². The molecule has 0 spiro atoms. The molecule has 7 heteroatoms. The zero-order chi connectivity index (χ0) is 16.1. The zero-order valence-corrected chi connectivity index (χ0v) is 13.6. The minimum absolute atomic E-state index is 0.0346. The van der Waals surface area contributed by atoms with Gasteiger partial charge in [0.15, 0.2) is 10.9 Å². The van der Waals surface area contributed by atoms with Crippen LogP contribution in [-0.2, 0) is 4.79 Å². The molecule has 2 rings (SSSR count). The van der Waals surface area contributed by atoms with E-state index in [9.17, 15) is 9.59 Å². The third kappa shape index (κ3) is 3.94. The first-order valence-electron chi connectivity index (χ1n) is 7.08. The Labute approximate surface area is 133 Å². The van der Waals surface area contributed by atoms with Gasteiger partial charge < -0.3 is 14.6 Å². The second kappa shape index (κ2) is 7.22. The first-order valence-corrected chi connectivity index (χ1v) is 7.89. The van der Waals surface area contributed by atoms with Crippen LogP contribution in [-0.4, -0.2) is 34.3 Å². The van der Waals surface area contributed by atoms with E-state index < -0.39 is 0 Å². The van der Waals surface area contributed by atoms with Gasteiger partial charge in [-0.15, -0.1) is 11.3 Å². The van der Waals surface area contributed by atoms with E-state index in [0.29, 0.717) is 5.13 Å². The van der Waals surface area contributed by atoms with E-state index in [1.807, 2.05) is 20.8 Å². The van der Waals surface area contributed by atoms with Crippen LogP contribution in [0.25, 0.3) is 0 Å². The fourth-order valence-corrected chi connectivity index (χ4v) is 2.60. The molecule has 0 saturated carbocycles. The van der Waals surface area contributed by atoms with E-state index in [-0.39, 0.29) is 30.2 Å². The van der Waals surface area contributed by atoms with Crippen LogP contribution in [0.2, 0.25) is 0 Å². The average molecular weight is 321 g/mol. The summed E-state index contributed by atoms with van der Waals surface area (Å²) in [7, 11) is 0. The lowest BCUT2D eigenvalue weighted by Crippen LogP contribution is -2.43. The third-order valence-corrected chi connectivity index (χ3v) is 4.13. The Hall–Kier alpha value is -2.15. The molecule has 0 bridgehead atoms. The summed E-state index contributed by atoms with van der Waals surface area (Å²) in [6.07, 6.45) is 3.89. The molecule has 1 N–H and O–H groups in total. The summed E-state index contributed by atoms with van der Waals surface area (Å²) >= 11 is 1.40. The van der Waals surface area contributed by atoms with E-state index in [4.69, 9.17) is 4.42 Å². The number of amides is 2. The Morgan fingerprint density at radius 3 is 2.82 bits per heavy atom. The molecule has 0 radical (unpaired) electrons. The largest absolute Gasteiger partial charge is 0.459 e. The quantitative estimate of drug-likeness (QED) is 0.887. The Morgan fingerprint density at radius 2 is 2.27 bits per heavy atom. The van der Waals surface area contributed by atoms with Crippen LogP contribution in [0.15, 0.2) is 29.0 Å². The number of carbonyl (C=O) groups is 2. The molecule has 0 aliphatic heterocycles. The third-order valence-electron chi connectivity index (χ3n) is 3.30. The van der Waals surface area contributed by atoms with Gasteiger partial charge in [0, 0.05) is 17.1 Å². The Kier molecular flexibility index (Phi) is 5.32. The molecule has 0 fully saturated rings. The van der Waals surface area contributed by atoms with Crippen LogP contribution >= 0.6 is 11.3 Å². The Bertz CT molecular complexity index is 636. The SMILES string of the molecule is CCC(C)N(CC(=O)Nc1ncc(C)s1)C(=O)c1ccco1. The molecule has 0 aromatic carbocycles. The number of nitrogens with one attached hydrogen (secondary N) is 1. The first-order chi connectivity index (χ1) is 10.5. The summed E-state index contributed by atoms with van der Waals surface area (Å²) in [5, 5.41) is 3.26. The van der Waals surface area contributed by atoms with Crippen molar-refractivity contribution >= 4 is 28.3 Å². The number of rotatable bonds is 6. The number of hydrogen-bond acceptors (Lipinski definition) is 5. The molecule has 118 valence electrons. The standard InChI is InChI=1S/C15H19N3O3S/c1-4-10(2)18(14(20)12-6-5-7-21-12)9-13(19)17-15-16-8-11(3)22-15/h5-8,10H,4,9H2,1-3H3,(H,16,17,19). The average Bonchev–Trinajstić information content (AvgIpc) is 3.15. The monoisotopic (exact) mass is 321 g/mol. The minimum Gasteiger partial charge on any atom is -0.459 e. The number of furan rings is 1. The van der Waals surface area contributed by atoms with Crippen molar-refractivity contribution in [3.05, 3.63) is 35.2 Å². The van der Waals surface area contributed by atoms with Gasteiger partial charge in [-0.05, 0) is 32.4 Å². The molecule has 1 atom stereocenters. The molecular formula is C15H19N3O3S. The van der Waals surface area contributed by atoms with Gasteiger partial charge in [0.25, 0.3) is 5.91 Å². The topological polar surface area (TPSA) is 75.4 Å². The smallest absolute Gasteiger partial charge is 0.290 e. The zero-order valence-electron chi connectivity index (χ0n) is 12.8. The van der Waals surface area contributed by atoms with Crippen molar-refractivity contribution in [2.45, 2.75) is 33.2 Å². The Morgan fingerprint density at radius 1 is 1.50 bits per heavy atom. The predicted molar refractivity (Wildman–Crippen MR) is 85.0 cm³/mol. The van der Waals surface area contributed by atoms with Crippen molar-refractivity contribution in [1.82, 2.24) is 9.88 Å². The lowest BCUT2D eigenvalue weighted by molar-refractivity contribution is -0.117. The minimum atomic E-state index is -0.287.